The van der Waals surface area contributed by atoms with E-state index in [9.17, 15) is 12.8 Å². The van der Waals surface area contributed by atoms with E-state index in [2.05, 4.69) is 9.82 Å². The zero-order valence-corrected chi connectivity index (χ0v) is 14.9. The Morgan fingerprint density at radius 3 is 2.85 bits per heavy atom. The molecule has 138 valence electrons. The van der Waals surface area contributed by atoms with E-state index in [1.807, 2.05) is 6.07 Å². The van der Waals surface area contributed by atoms with E-state index in [1.165, 1.54) is 12.1 Å². The number of hydrogen-bond donors (Lipinski definition) is 1. The Hall–Kier alpha value is -2.65. The lowest BCUT2D eigenvalue weighted by molar-refractivity contribution is 0.321. The summed E-state index contributed by atoms with van der Waals surface area (Å²) in [5, 5.41) is 4.17. The zero-order valence-electron chi connectivity index (χ0n) is 14.1. The van der Waals surface area contributed by atoms with Crippen molar-refractivity contribution >= 4 is 10.0 Å². The molecule has 26 heavy (non-hydrogen) atoms. The van der Waals surface area contributed by atoms with Gasteiger partial charge in [-0.1, -0.05) is 0 Å². The first-order valence-electron chi connectivity index (χ1n) is 7.96. The maximum atomic E-state index is 13.9. The molecule has 0 aliphatic heterocycles. The van der Waals surface area contributed by atoms with Gasteiger partial charge < -0.3 is 9.15 Å². The van der Waals surface area contributed by atoms with E-state index < -0.39 is 15.8 Å². The monoisotopic (exact) mass is 379 g/mol. The van der Waals surface area contributed by atoms with Crippen LogP contribution in [0.5, 0.6) is 5.75 Å². The lowest BCUT2D eigenvalue weighted by Crippen LogP contribution is -2.27. The number of aromatic nitrogens is 2. The number of rotatable bonds is 8. The number of nitrogens with one attached hydrogen (secondary N) is 1. The van der Waals surface area contributed by atoms with E-state index in [0.717, 1.165) is 17.2 Å². The number of hydrogen-bond acceptors (Lipinski definition) is 5. The van der Waals surface area contributed by atoms with Crippen LogP contribution in [0.1, 0.15) is 6.92 Å². The third-order valence-corrected chi connectivity index (χ3v) is 5.09. The topological polar surface area (TPSA) is 86.4 Å². The fourth-order valence-electron chi connectivity index (χ4n) is 2.36. The van der Waals surface area contributed by atoms with E-state index in [-0.39, 0.29) is 17.2 Å². The van der Waals surface area contributed by atoms with Crippen molar-refractivity contribution in [3.63, 3.8) is 0 Å². The molecular weight excluding hydrogens is 361 g/mol. The van der Waals surface area contributed by atoms with Gasteiger partial charge in [-0.25, -0.2) is 17.5 Å². The highest BCUT2D eigenvalue weighted by Crippen LogP contribution is 2.21. The first-order valence-corrected chi connectivity index (χ1v) is 9.45. The number of ether oxygens (including phenoxy) is 1. The second-order valence-corrected chi connectivity index (χ2v) is 7.19. The predicted octanol–water partition coefficient (Wildman–Crippen LogP) is 2.66. The molecule has 0 saturated heterocycles. The minimum Gasteiger partial charge on any atom is -0.491 e. The van der Waals surface area contributed by atoms with Crippen molar-refractivity contribution in [3.8, 4) is 16.9 Å². The van der Waals surface area contributed by atoms with Crippen LogP contribution in [0.4, 0.5) is 4.39 Å². The van der Waals surface area contributed by atoms with Gasteiger partial charge in [-0.2, -0.15) is 5.10 Å². The van der Waals surface area contributed by atoms with Gasteiger partial charge >= 0.3 is 0 Å². The highest BCUT2D eigenvalue weighted by molar-refractivity contribution is 7.89. The molecule has 0 aliphatic carbocycles. The molecule has 9 heteroatoms. The molecule has 3 rings (SSSR count). The maximum absolute atomic E-state index is 13.9. The molecule has 0 amide bonds. The van der Waals surface area contributed by atoms with Crippen molar-refractivity contribution in [1.29, 1.82) is 0 Å². The summed E-state index contributed by atoms with van der Waals surface area (Å²) in [4.78, 5) is -0.155. The van der Waals surface area contributed by atoms with Crippen molar-refractivity contribution < 1.29 is 22.0 Å². The second-order valence-electron chi connectivity index (χ2n) is 5.43. The van der Waals surface area contributed by atoms with Crippen LogP contribution in [0.15, 0.2) is 58.5 Å². The minimum atomic E-state index is -3.82. The minimum absolute atomic E-state index is 0.0229. The molecule has 0 spiro atoms. The van der Waals surface area contributed by atoms with Crippen molar-refractivity contribution in [1.82, 2.24) is 14.5 Å². The standard InChI is InChI=1S/C17H18FN3O4S/c1-2-25-17-4-3-15(9-16(17)18)26(22,23)20-6-7-21-11-14(10-19-21)13-5-8-24-12-13/h3-5,8-12,20H,2,6-7H2,1H3. The Kier molecular flexibility index (Phi) is 5.38. The maximum Gasteiger partial charge on any atom is 0.240 e. The SMILES string of the molecule is CCOc1ccc(S(=O)(=O)NCCn2cc(-c3ccoc3)cn2)cc1F. The molecule has 2 heterocycles. The Bertz CT molecular complexity index is 968. The number of halogens is 1. The molecule has 1 N–H and O–H groups in total. The van der Waals surface area contributed by atoms with Crippen LogP contribution in [0.2, 0.25) is 0 Å². The summed E-state index contributed by atoms with van der Waals surface area (Å²) in [6, 6.07) is 5.36. The zero-order chi connectivity index (χ0) is 18.6. The molecule has 0 aliphatic rings. The molecule has 1 aromatic carbocycles. The summed E-state index contributed by atoms with van der Waals surface area (Å²) in [7, 11) is -3.82. The summed E-state index contributed by atoms with van der Waals surface area (Å²) in [6.45, 7) is 2.46. The van der Waals surface area contributed by atoms with Gasteiger partial charge in [-0.3, -0.25) is 4.68 Å². The Balaban J connectivity index is 1.61. The predicted molar refractivity (Wildman–Crippen MR) is 92.7 cm³/mol. The van der Waals surface area contributed by atoms with Crippen LogP contribution >= 0.6 is 0 Å². The smallest absolute Gasteiger partial charge is 0.240 e. The molecule has 0 radical (unpaired) electrons. The second kappa shape index (κ2) is 7.71. The van der Waals surface area contributed by atoms with E-state index in [1.54, 1.807) is 36.5 Å². The normalized spacial score (nSPS) is 11.6. The van der Waals surface area contributed by atoms with Gasteiger partial charge in [0.25, 0.3) is 0 Å². The number of benzene rings is 1. The summed E-state index contributed by atoms with van der Waals surface area (Å²) in [6.07, 6.45) is 6.62. The van der Waals surface area contributed by atoms with E-state index in [0.29, 0.717) is 13.2 Å². The van der Waals surface area contributed by atoms with Gasteiger partial charge in [0.1, 0.15) is 0 Å². The molecule has 0 fully saturated rings. The van der Waals surface area contributed by atoms with Gasteiger partial charge in [0.05, 0.1) is 36.8 Å². The average molecular weight is 379 g/mol. The lowest BCUT2D eigenvalue weighted by atomic mass is 10.2. The summed E-state index contributed by atoms with van der Waals surface area (Å²) in [5.41, 5.74) is 1.76. The Morgan fingerprint density at radius 1 is 1.31 bits per heavy atom. The Labute approximate surface area is 150 Å². The van der Waals surface area contributed by atoms with E-state index >= 15 is 0 Å². The van der Waals surface area contributed by atoms with Gasteiger partial charge in [-0.15, -0.1) is 0 Å². The first kappa shape index (κ1) is 18.2. The molecule has 2 aromatic heterocycles. The summed E-state index contributed by atoms with van der Waals surface area (Å²) < 4.78 is 52.5. The van der Waals surface area contributed by atoms with Crippen molar-refractivity contribution in [2.45, 2.75) is 18.4 Å². The van der Waals surface area contributed by atoms with Gasteiger partial charge in [0.2, 0.25) is 10.0 Å². The first-order chi connectivity index (χ1) is 12.5. The van der Waals surface area contributed by atoms with Gasteiger partial charge in [-0.05, 0) is 31.2 Å². The molecule has 0 saturated carbocycles. The fourth-order valence-corrected chi connectivity index (χ4v) is 3.40. The van der Waals surface area contributed by atoms with Crippen LogP contribution in [0.3, 0.4) is 0 Å². The third-order valence-electron chi connectivity index (χ3n) is 3.63. The molecule has 3 aromatic rings. The van der Waals surface area contributed by atoms with Crippen LogP contribution in [-0.4, -0.2) is 31.3 Å². The number of sulfonamides is 1. The quantitative estimate of drug-likeness (QED) is 0.650. The summed E-state index contributed by atoms with van der Waals surface area (Å²) >= 11 is 0. The van der Waals surface area contributed by atoms with Gasteiger partial charge in [0.15, 0.2) is 11.6 Å². The van der Waals surface area contributed by atoms with Crippen molar-refractivity contribution in [2.75, 3.05) is 13.2 Å². The molecule has 7 nitrogen and oxygen atoms in total. The van der Waals surface area contributed by atoms with Crippen LogP contribution in [-0.2, 0) is 16.6 Å². The van der Waals surface area contributed by atoms with Crippen molar-refractivity contribution in [3.05, 3.63) is 55.0 Å². The summed E-state index contributed by atoms with van der Waals surface area (Å²) in [5.74, 6) is -0.693. The van der Waals surface area contributed by atoms with Crippen LogP contribution in [0.25, 0.3) is 11.1 Å². The largest absolute Gasteiger partial charge is 0.491 e. The fraction of sp³-hybridized carbons (Fsp3) is 0.235. The highest BCUT2D eigenvalue weighted by atomic mass is 32.2. The lowest BCUT2D eigenvalue weighted by Gasteiger charge is -2.09. The molecule has 0 atom stereocenters. The highest BCUT2D eigenvalue weighted by Gasteiger charge is 2.16. The molecule has 0 bridgehead atoms. The van der Waals surface area contributed by atoms with Crippen LogP contribution < -0.4 is 9.46 Å². The van der Waals surface area contributed by atoms with Crippen LogP contribution in [0, 0.1) is 5.82 Å². The number of furan rings is 1. The third kappa shape index (κ3) is 4.12. The Morgan fingerprint density at radius 2 is 2.15 bits per heavy atom. The number of nitrogens with zero attached hydrogens (tertiary/aromatic N) is 2. The molecule has 0 unspecified atom stereocenters. The van der Waals surface area contributed by atoms with Crippen molar-refractivity contribution in [2.24, 2.45) is 0 Å². The average Bonchev–Trinajstić information content (AvgIpc) is 3.28. The molecular formula is C17H18FN3O4S. The van der Waals surface area contributed by atoms with E-state index in [4.69, 9.17) is 9.15 Å². The van der Waals surface area contributed by atoms with Gasteiger partial charge in [0, 0.05) is 23.9 Å².